The van der Waals surface area contributed by atoms with E-state index in [1.54, 1.807) is 10.9 Å². The van der Waals surface area contributed by atoms with Gasteiger partial charge in [0.05, 0.1) is 24.0 Å². The maximum atomic E-state index is 12.3. The van der Waals surface area contributed by atoms with Crippen molar-refractivity contribution in [3.05, 3.63) is 35.7 Å². The zero-order valence-electron chi connectivity index (χ0n) is 15.5. The summed E-state index contributed by atoms with van der Waals surface area (Å²) >= 11 is 0. The minimum atomic E-state index is -0.535. The molecule has 2 aliphatic rings. The zero-order valence-corrected chi connectivity index (χ0v) is 15.5. The maximum absolute atomic E-state index is 12.3. The average Bonchev–Trinajstić information content (AvgIpc) is 3.20. The number of aryl methyl sites for hydroxylation is 2. The molecule has 0 saturated carbocycles. The molecule has 144 valence electrons. The number of β-amino-alcohol motifs (C(OH)–C–C–N with tert-alkyl or cyclic N) is 1. The maximum Gasteiger partial charge on any atom is 0.238 e. The number of piperidine rings is 1. The second-order valence-electron chi connectivity index (χ2n) is 7.16. The Labute approximate surface area is 157 Å². The summed E-state index contributed by atoms with van der Waals surface area (Å²) < 4.78 is 12.4. The molecule has 0 unspecified atom stereocenters. The largest absolute Gasteiger partial charge is 0.454 e. The van der Waals surface area contributed by atoms with E-state index in [4.69, 9.17) is 9.47 Å². The number of carbonyl (C=O) groups is 1. The predicted molar refractivity (Wildman–Crippen MR) is 98.9 cm³/mol. The summed E-state index contributed by atoms with van der Waals surface area (Å²) in [4.78, 5) is 14.3. The lowest BCUT2D eigenvalue weighted by molar-refractivity contribution is -0.118. The normalized spacial score (nSPS) is 22.0. The summed E-state index contributed by atoms with van der Waals surface area (Å²) in [5.74, 6) is 1.40. The number of aliphatic hydroxyl groups is 1. The summed E-state index contributed by atoms with van der Waals surface area (Å²) in [6.45, 7) is 3.55. The number of carbonyl (C=O) groups excluding carboxylic acids is 1. The van der Waals surface area contributed by atoms with E-state index in [2.05, 4.69) is 10.4 Å². The van der Waals surface area contributed by atoms with E-state index < -0.39 is 6.10 Å². The van der Waals surface area contributed by atoms with Crippen LogP contribution in [-0.2, 0) is 11.8 Å². The average molecular weight is 372 g/mol. The van der Waals surface area contributed by atoms with E-state index in [0.717, 1.165) is 41.4 Å². The third-order valence-corrected chi connectivity index (χ3v) is 5.15. The number of rotatable bonds is 4. The zero-order chi connectivity index (χ0) is 19.0. The Hall–Kier alpha value is -2.58. The van der Waals surface area contributed by atoms with Crippen molar-refractivity contribution < 1.29 is 19.4 Å². The number of fused-ring (bicyclic) bond motifs is 1. The van der Waals surface area contributed by atoms with Crippen molar-refractivity contribution in [1.82, 2.24) is 14.7 Å². The number of hydrogen-bond donors (Lipinski definition) is 2. The molecule has 0 bridgehead atoms. The fraction of sp³-hybridized carbons (Fsp3) is 0.474. The topological polar surface area (TPSA) is 88.9 Å². The molecular weight excluding hydrogens is 348 g/mol. The molecule has 8 heteroatoms. The molecule has 4 rings (SSSR count). The number of amides is 1. The van der Waals surface area contributed by atoms with Crippen LogP contribution in [0.2, 0.25) is 0 Å². The molecule has 0 radical (unpaired) electrons. The van der Waals surface area contributed by atoms with Crippen molar-refractivity contribution in [2.24, 2.45) is 7.05 Å². The van der Waals surface area contributed by atoms with Crippen LogP contribution in [0.15, 0.2) is 24.4 Å². The molecule has 1 amide bonds. The van der Waals surface area contributed by atoms with Crippen LogP contribution in [0.3, 0.4) is 0 Å². The van der Waals surface area contributed by atoms with Crippen molar-refractivity contribution in [2.45, 2.75) is 25.4 Å². The van der Waals surface area contributed by atoms with E-state index >= 15 is 0 Å². The fourth-order valence-corrected chi connectivity index (χ4v) is 3.79. The van der Waals surface area contributed by atoms with Crippen molar-refractivity contribution in [2.75, 3.05) is 31.7 Å². The van der Waals surface area contributed by atoms with E-state index in [1.165, 1.54) is 0 Å². The standard InChI is InChI=1S/C19H24N4O4/c1-12-15(8-22(2)21-12)20-19(25)10-23-6-5-14(16(24)9-23)13-3-4-17-18(7-13)27-11-26-17/h3-4,7-8,14,16,24H,5-6,9-11H2,1-2H3,(H,20,25)/t14-,16+/m0/s1. The van der Waals surface area contributed by atoms with Crippen LogP contribution in [0.1, 0.15) is 23.6 Å². The van der Waals surface area contributed by atoms with Gasteiger partial charge in [-0.2, -0.15) is 5.10 Å². The van der Waals surface area contributed by atoms with Gasteiger partial charge >= 0.3 is 0 Å². The summed E-state index contributed by atoms with van der Waals surface area (Å²) in [5, 5.41) is 17.7. The van der Waals surface area contributed by atoms with Crippen LogP contribution in [0.5, 0.6) is 11.5 Å². The van der Waals surface area contributed by atoms with Gasteiger partial charge in [0.15, 0.2) is 11.5 Å². The molecule has 1 fully saturated rings. The van der Waals surface area contributed by atoms with Crippen LogP contribution >= 0.6 is 0 Å². The second-order valence-corrected chi connectivity index (χ2v) is 7.16. The SMILES string of the molecule is Cc1nn(C)cc1NC(=O)CN1CC[C@@H](c2ccc3c(c2)OCO3)[C@H](O)C1. The molecule has 2 atom stereocenters. The first-order chi connectivity index (χ1) is 13.0. The first-order valence-electron chi connectivity index (χ1n) is 9.09. The van der Waals surface area contributed by atoms with E-state index in [1.807, 2.05) is 37.1 Å². The molecule has 0 spiro atoms. The minimum Gasteiger partial charge on any atom is -0.454 e. The second kappa shape index (κ2) is 7.21. The molecule has 27 heavy (non-hydrogen) atoms. The highest BCUT2D eigenvalue weighted by Gasteiger charge is 2.31. The van der Waals surface area contributed by atoms with Gasteiger partial charge < -0.3 is 19.9 Å². The molecule has 0 aliphatic carbocycles. The highest BCUT2D eigenvalue weighted by molar-refractivity contribution is 5.92. The number of nitrogens with zero attached hydrogens (tertiary/aromatic N) is 3. The number of likely N-dealkylation sites (tertiary alicyclic amines) is 1. The highest BCUT2D eigenvalue weighted by atomic mass is 16.7. The molecule has 2 N–H and O–H groups in total. The molecule has 1 aromatic heterocycles. The summed E-state index contributed by atoms with van der Waals surface area (Å²) in [5.41, 5.74) is 2.55. The monoisotopic (exact) mass is 372 g/mol. The lowest BCUT2D eigenvalue weighted by Gasteiger charge is -2.35. The molecular formula is C19H24N4O4. The number of benzene rings is 1. The summed E-state index contributed by atoms with van der Waals surface area (Å²) in [7, 11) is 1.82. The Morgan fingerprint density at radius 3 is 2.93 bits per heavy atom. The number of nitrogens with one attached hydrogen (secondary N) is 1. The number of ether oxygens (including phenoxy) is 2. The van der Waals surface area contributed by atoms with Gasteiger partial charge in [0.1, 0.15) is 0 Å². The fourth-order valence-electron chi connectivity index (χ4n) is 3.79. The van der Waals surface area contributed by atoms with Crippen LogP contribution < -0.4 is 14.8 Å². The first-order valence-corrected chi connectivity index (χ1v) is 9.09. The smallest absolute Gasteiger partial charge is 0.238 e. The van der Waals surface area contributed by atoms with Crippen molar-refractivity contribution in [3.63, 3.8) is 0 Å². The van der Waals surface area contributed by atoms with Gasteiger partial charge in [-0.05, 0) is 37.6 Å². The van der Waals surface area contributed by atoms with Crippen molar-refractivity contribution >= 4 is 11.6 Å². The molecule has 1 saturated heterocycles. The van der Waals surface area contributed by atoms with Gasteiger partial charge in [-0.1, -0.05) is 6.07 Å². The Balaban J connectivity index is 1.34. The molecule has 2 aromatic rings. The number of aliphatic hydroxyl groups excluding tert-OH is 1. The Kier molecular flexibility index (Phi) is 4.75. The third-order valence-electron chi connectivity index (χ3n) is 5.15. The van der Waals surface area contributed by atoms with Gasteiger partial charge in [0, 0.05) is 25.7 Å². The van der Waals surface area contributed by atoms with Gasteiger partial charge in [0.25, 0.3) is 0 Å². The highest BCUT2D eigenvalue weighted by Crippen LogP contribution is 2.37. The Morgan fingerprint density at radius 2 is 2.19 bits per heavy atom. The molecule has 8 nitrogen and oxygen atoms in total. The molecule has 3 heterocycles. The van der Waals surface area contributed by atoms with E-state index in [9.17, 15) is 9.90 Å². The minimum absolute atomic E-state index is 0.0272. The first kappa shape index (κ1) is 17.8. The van der Waals surface area contributed by atoms with Crippen LogP contribution in [0.4, 0.5) is 5.69 Å². The lowest BCUT2D eigenvalue weighted by Crippen LogP contribution is -2.45. The molecule has 2 aliphatic heterocycles. The molecule has 1 aromatic carbocycles. The Morgan fingerprint density at radius 1 is 1.37 bits per heavy atom. The van der Waals surface area contributed by atoms with Crippen LogP contribution in [-0.4, -0.2) is 58.2 Å². The number of anilines is 1. The predicted octanol–water partition coefficient (Wildman–Crippen LogP) is 1.25. The van der Waals surface area contributed by atoms with Crippen LogP contribution in [0.25, 0.3) is 0 Å². The van der Waals surface area contributed by atoms with Gasteiger partial charge in [-0.3, -0.25) is 14.4 Å². The van der Waals surface area contributed by atoms with E-state index in [-0.39, 0.29) is 25.2 Å². The van der Waals surface area contributed by atoms with E-state index in [0.29, 0.717) is 6.54 Å². The Bertz CT molecular complexity index is 850. The third kappa shape index (κ3) is 3.77. The number of hydrogen-bond acceptors (Lipinski definition) is 6. The van der Waals surface area contributed by atoms with Gasteiger partial charge in [-0.25, -0.2) is 0 Å². The lowest BCUT2D eigenvalue weighted by atomic mass is 9.87. The van der Waals surface area contributed by atoms with Crippen LogP contribution in [0, 0.1) is 6.92 Å². The van der Waals surface area contributed by atoms with Crippen molar-refractivity contribution in [1.29, 1.82) is 0 Å². The van der Waals surface area contributed by atoms with Crippen molar-refractivity contribution in [3.8, 4) is 11.5 Å². The summed E-state index contributed by atoms with van der Waals surface area (Å²) in [6.07, 6.45) is 2.03. The number of aromatic nitrogens is 2. The van der Waals surface area contributed by atoms with Gasteiger partial charge in [0.2, 0.25) is 12.7 Å². The van der Waals surface area contributed by atoms with Gasteiger partial charge in [-0.15, -0.1) is 0 Å². The quantitative estimate of drug-likeness (QED) is 0.840. The summed E-state index contributed by atoms with van der Waals surface area (Å²) in [6, 6.07) is 5.82.